The fourth-order valence-electron chi connectivity index (χ4n) is 1.22. The third kappa shape index (κ3) is 2.90. The first kappa shape index (κ1) is 12.2. The van der Waals surface area contributed by atoms with Crippen molar-refractivity contribution in [1.29, 1.82) is 0 Å². The lowest BCUT2D eigenvalue weighted by Gasteiger charge is -2.06. The molecule has 1 aromatic heterocycles. The normalized spacial score (nSPS) is 11.6. The van der Waals surface area contributed by atoms with Crippen LogP contribution >= 0.6 is 15.9 Å². The van der Waals surface area contributed by atoms with Crippen LogP contribution in [0.1, 0.15) is 5.82 Å². The van der Waals surface area contributed by atoms with Gasteiger partial charge in [-0.15, -0.1) is 0 Å². The van der Waals surface area contributed by atoms with Gasteiger partial charge < -0.3 is 0 Å². The summed E-state index contributed by atoms with van der Waals surface area (Å²) in [5.41, 5.74) is 0. The van der Waals surface area contributed by atoms with Crippen molar-refractivity contribution < 1.29 is 8.42 Å². The molecule has 6 nitrogen and oxygen atoms in total. The molecule has 2 aromatic rings. The number of sulfonamides is 1. The number of hydrogen-bond donors (Lipinski definition) is 2. The molecule has 0 saturated heterocycles. The average Bonchev–Trinajstić information content (AvgIpc) is 2.80. The molecule has 0 spiro atoms. The van der Waals surface area contributed by atoms with Crippen LogP contribution in [-0.4, -0.2) is 23.6 Å². The highest BCUT2D eigenvalue weighted by atomic mass is 79.9. The molecule has 1 heterocycles. The zero-order chi connectivity index (χ0) is 12.3. The van der Waals surface area contributed by atoms with Crippen LogP contribution in [0.4, 0.5) is 0 Å². The largest absolute Gasteiger partial charge is 0.262 e. The Hall–Kier alpha value is -1.25. The van der Waals surface area contributed by atoms with E-state index in [9.17, 15) is 8.42 Å². The van der Waals surface area contributed by atoms with E-state index in [0.29, 0.717) is 10.3 Å². The third-order valence-electron chi connectivity index (χ3n) is 2.02. The van der Waals surface area contributed by atoms with Crippen molar-refractivity contribution in [3.63, 3.8) is 0 Å². The topological polar surface area (TPSA) is 87.7 Å². The van der Waals surface area contributed by atoms with Gasteiger partial charge in [-0.25, -0.2) is 18.1 Å². The number of aromatic amines is 1. The second-order valence-corrected chi connectivity index (χ2v) is 5.78. The highest BCUT2D eigenvalue weighted by Gasteiger charge is 2.16. The number of aromatic nitrogens is 3. The van der Waals surface area contributed by atoms with Crippen molar-refractivity contribution in [2.24, 2.45) is 0 Å². The van der Waals surface area contributed by atoms with E-state index in [1.54, 1.807) is 18.2 Å². The van der Waals surface area contributed by atoms with Gasteiger partial charge in [0.25, 0.3) is 0 Å². The molecule has 17 heavy (non-hydrogen) atoms. The number of halogens is 1. The highest BCUT2D eigenvalue weighted by Crippen LogP contribution is 2.20. The Morgan fingerprint density at radius 1 is 1.35 bits per heavy atom. The summed E-state index contributed by atoms with van der Waals surface area (Å²) in [5, 5.41) is 6.21. The Bertz CT molecular complexity index is 597. The van der Waals surface area contributed by atoms with Crippen LogP contribution in [0.25, 0.3) is 0 Å². The Morgan fingerprint density at radius 3 is 2.76 bits per heavy atom. The maximum atomic E-state index is 11.9. The van der Waals surface area contributed by atoms with Gasteiger partial charge in [0.1, 0.15) is 12.2 Å². The SMILES string of the molecule is O=S(=O)(NCc1ncn[nH]1)c1ccccc1Br. The summed E-state index contributed by atoms with van der Waals surface area (Å²) in [5.74, 6) is 0.459. The molecule has 0 aliphatic rings. The van der Waals surface area contributed by atoms with Crippen LogP contribution in [0, 0.1) is 0 Å². The number of H-pyrrole nitrogens is 1. The molecule has 8 heteroatoms. The molecule has 0 unspecified atom stereocenters. The van der Waals surface area contributed by atoms with E-state index >= 15 is 0 Å². The minimum atomic E-state index is -3.55. The molecular formula is C9H9BrN4O2S. The standard InChI is InChI=1S/C9H9BrN4O2S/c10-7-3-1-2-4-8(7)17(15,16)13-5-9-11-6-12-14-9/h1-4,6,13H,5H2,(H,11,12,14). The van der Waals surface area contributed by atoms with Crippen molar-refractivity contribution in [2.45, 2.75) is 11.4 Å². The van der Waals surface area contributed by atoms with E-state index in [4.69, 9.17) is 0 Å². The maximum absolute atomic E-state index is 11.9. The van der Waals surface area contributed by atoms with Gasteiger partial charge in [-0.2, -0.15) is 5.10 Å². The predicted octanol–water partition coefficient (Wildman–Crippen LogP) is 1.05. The number of benzene rings is 1. The summed E-state index contributed by atoms with van der Waals surface area (Å²) in [6.07, 6.45) is 1.32. The Labute approximate surface area is 107 Å². The molecule has 0 bridgehead atoms. The van der Waals surface area contributed by atoms with Gasteiger partial charge in [0.05, 0.1) is 11.4 Å². The molecule has 90 valence electrons. The van der Waals surface area contributed by atoms with Crippen LogP contribution in [0.5, 0.6) is 0 Å². The zero-order valence-corrected chi connectivity index (χ0v) is 11.0. The van der Waals surface area contributed by atoms with Gasteiger partial charge in [0.15, 0.2) is 0 Å². The number of nitrogens with one attached hydrogen (secondary N) is 2. The lowest BCUT2D eigenvalue weighted by Crippen LogP contribution is -2.24. The first-order valence-corrected chi connectivity index (χ1v) is 6.95. The van der Waals surface area contributed by atoms with Crippen molar-refractivity contribution >= 4 is 26.0 Å². The summed E-state index contributed by atoms with van der Waals surface area (Å²) < 4.78 is 26.8. The minimum Gasteiger partial charge on any atom is -0.262 e. The Balaban J connectivity index is 2.17. The molecule has 0 atom stereocenters. The minimum absolute atomic E-state index is 0.0731. The molecule has 0 aliphatic carbocycles. The van der Waals surface area contributed by atoms with Crippen LogP contribution in [0.2, 0.25) is 0 Å². The molecular weight excluding hydrogens is 308 g/mol. The van der Waals surface area contributed by atoms with Gasteiger partial charge in [0, 0.05) is 4.47 Å². The first-order chi connectivity index (χ1) is 8.09. The van der Waals surface area contributed by atoms with E-state index in [2.05, 4.69) is 35.8 Å². The van der Waals surface area contributed by atoms with Gasteiger partial charge in [0.2, 0.25) is 10.0 Å². The molecule has 2 rings (SSSR count). The van der Waals surface area contributed by atoms with Crippen molar-refractivity contribution in [3.8, 4) is 0 Å². The van der Waals surface area contributed by atoms with E-state index in [1.807, 2.05) is 0 Å². The molecule has 0 fully saturated rings. The Morgan fingerprint density at radius 2 is 2.12 bits per heavy atom. The van der Waals surface area contributed by atoms with E-state index in [0.717, 1.165) is 0 Å². The maximum Gasteiger partial charge on any atom is 0.242 e. The van der Waals surface area contributed by atoms with Crippen molar-refractivity contribution in [2.75, 3.05) is 0 Å². The van der Waals surface area contributed by atoms with Gasteiger partial charge in [-0.3, -0.25) is 5.10 Å². The molecule has 0 radical (unpaired) electrons. The predicted molar refractivity (Wildman–Crippen MR) is 64.6 cm³/mol. The lowest BCUT2D eigenvalue weighted by molar-refractivity contribution is 0.579. The van der Waals surface area contributed by atoms with Gasteiger partial charge in [-0.05, 0) is 28.1 Å². The fraction of sp³-hybridized carbons (Fsp3) is 0.111. The smallest absolute Gasteiger partial charge is 0.242 e. The van der Waals surface area contributed by atoms with E-state index in [1.165, 1.54) is 12.4 Å². The highest BCUT2D eigenvalue weighted by molar-refractivity contribution is 9.10. The summed E-state index contributed by atoms with van der Waals surface area (Å²) >= 11 is 3.20. The molecule has 0 amide bonds. The number of nitrogens with zero attached hydrogens (tertiary/aromatic N) is 2. The first-order valence-electron chi connectivity index (χ1n) is 4.68. The monoisotopic (exact) mass is 316 g/mol. The fourth-order valence-corrected chi connectivity index (χ4v) is 3.21. The van der Waals surface area contributed by atoms with Crippen molar-refractivity contribution in [3.05, 3.63) is 40.9 Å². The summed E-state index contributed by atoms with van der Waals surface area (Å²) in [6, 6.07) is 6.60. The molecule has 0 saturated carbocycles. The molecule has 0 aliphatic heterocycles. The van der Waals surface area contributed by atoms with Crippen LogP contribution < -0.4 is 4.72 Å². The Kier molecular flexibility index (Phi) is 3.55. The van der Waals surface area contributed by atoms with Gasteiger partial charge >= 0.3 is 0 Å². The zero-order valence-electron chi connectivity index (χ0n) is 8.59. The van der Waals surface area contributed by atoms with Crippen molar-refractivity contribution in [1.82, 2.24) is 19.9 Å². The number of rotatable bonds is 4. The summed E-state index contributed by atoms with van der Waals surface area (Å²) in [4.78, 5) is 4.02. The second-order valence-electron chi connectivity index (χ2n) is 3.19. The molecule has 1 aromatic carbocycles. The van der Waals surface area contributed by atoms with Crippen LogP contribution in [-0.2, 0) is 16.6 Å². The van der Waals surface area contributed by atoms with E-state index < -0.39 is 10.0 Å². The average molecular weight is 317 g/mol. The number of hydrogen-bond acceptors (Lipinski definition) is 4. The lowest BCUT2D eigenvalue weighted by atomic mass is 10.4. The molecule has 2 N–H and O–H groups in total. The van der Waals surface area contributed by atoms with E-state index in [-0.39, 0.29) is 11.4 Å². The second kappa shape index (κ2) is 4.94. The van der Waals surface area contributed by atoms with Crippen LogP contribution in [0.15, 0.2) is 40.0 Å². The quantitative estimate of drug-likeness (QED) is 0.882. The van der Waals surface area contributed by atoms with Gasteiger partial charge in [-0.1, -0.05) is 12.1 Å². The summed E-state index contributed by atoms with van der Waals surface area (Å²) in [7, 11) is -3.55. The van der Waals surface area contributed by atoms with Crippen LogP contribution in [0.3, 0.4) is 0 Å². The third-order valence-corrected chi connectivity index (χ3v) is 4.43. The summed E-state index contributed by atoms with van der Waals surface area (Å²) in [6.45, 7) is 0.0731.